The second kappa shape index (κ2) is 6.92. The van der Waals surface area contributed by atoms with Gasteiger partial charge >= 0.3 is 0 Å². The highest BCUT2D eigenvalue weighted by Gasteiger charge is 2.34. The molecule has 4 rings (SSSR count). The number of benzene rings is 1. The number of para-hydroxylation sites is 1. The fourth-order valence-electron chi connectivity index (χ4n) is 4.08. The van der Waals surface area contributed by atoms with Crippen molar-refractivity contribution in [2.24, 2.45) is 5.92 Å². The molecule has 0 saturated carbocycles. The highest BCUT2D eigenvalue weighted by Crippen LogP contribution is 2.36. The highest BCUT2D eigenvalue weighted by atomic mass is 16.3. The molecule has 3 heterocycles. The van der Waals surface area contributed by atoms with Crippen molar-refractivity contribution < 1.29 is 9.21 Å². The van der Waals surface area contributed by atoms with Gasteiger partial charge in [-0.25, -0.2) is 0 Å². The van der Waals surface area contributed by atoms with Crippen molar-refractivity contribution >= 4 is 16.9 Å². The summed E-state index contributed by atoms with van der Waals surface area (Å²) in [7, 11) is 4.02. The van der Waals surface area contributed by atoms with E-state index in [-0.39, 0.29) is 5.91 Å². The molecular weight excluding hydrogens is 326 g/mol. The van der Waals surface area contributed by atoms with Gasteiger partial charge in [0.05, 0.1) is 5.56 Å². The van der Waals surface area contributed by atoms with Gasteiger partial charge in [-0.2, -0.15) is 0 Å². The van der Waals surface area contributed by atoms with Gasteiger partial charge in [-0.3, -0.25) is 14.7 Å². The zero-order valence-electron chi connectivity index (χ0n) is 15.1. The summed E-state index contributed by atoms with van der Waals surface area (Å²) in [6, 6.07) is 12.1. The molecule has 1 amide bonds. The van der Waals surface area contributed by atoms with E-state index in [4.69, 9.17) is 4.42 Å². The molecule has 1 aliphatic heterocycles. The predicted molar refractivity (Wildman–Crippen MR) is 101 cm³/mol. The molecule has 0 unspecified atom stereocenters. The summed E-state index contributed by atoms with van der Waals surface area (Å²) in [5.41, 5.74) is 2.59. The molecule has 5 heteroatoms. The van der Waals surface area contributed by atoms with Crippen LogP contribution in [0.5, 0.6) is 0 Å². The summed E-state index contributed by atoms with van der Waals surface area (Å²) in [4.78, 5) is 21.4. The number of rotatable bonds is 4. The molecule has 0 N–H and O–H groups in total. The van der Waals surface area contributed by atoms with E-state index in [1.807, 2.05) is 48.5 Å². The number of carbonyl (C=O) groups is 1. The summed E-state index contributed by atoms with van der Waals surface area (Å²) in [6.45, 7) is 1.74. The summed E-state index contributed by atoms with van der Waals surface area (Å²) in [5, 5.41) is 0.872. The normalized spacial score (nSPS) is 20.5. The van der Waals surface area contributed by atoms with E-state index in [1.54, 1.807) is 12.5 Å². The van der Waals surface area contributed by atoms with Crippen LogP contribution in [-0.2, 0) is 0 Å². The van der Waals surface area contributed by atoms with Crippen LogP contribution in [0.1, 0.15) is 28.4 Å². The predicted octanol–water partition coefficient (Wildman–Crippen LogP) is 3.59. The van der Waals surface area contributed by atoms with Gasteiger partial charge in [0.1, 0.15) is 11.8 Å². The van der Waals surface area contributed by atoms with Gasteiger partial charge in [0, 0.05) is 37.4 Å². The molecule has 5 nitrogen and oxygen atoms in total. The first-order valence-corrected chi connectivity index (χ1v) is 8.97. The number of carbonyl (C=O) groups excluding carboxylic acids is 1. The maximum absolute atomic E-state index is 13.0. The molecule has 0 aliphatic carbocycles. The molecule has 0 radical (unpaired) electrons. The van der Waals surface area contributed by atoms with Crippen LogP contribution in [0, 0.1) is 5.92 Å². The summed E-state index contributed by atoms with van der Waals surface area (Å²) in [5.74, 6) is 0.394. The van der Waals surface area contributed by atoms with Crippen molar-refractivity contribution in [2.45, 2.75) is 12.5 Å². The first-order valence-electron chi connectivity index (χ1n) is 8.97. The van der Waals surface area contributed by atoms with Gasteiger partial charge in [-0.1, -0.05) is 24.3 Å². The van der Waals surface area contributed by atoms with Crippen molar-refractivity contribution in [2.75, 3.05) is 27.2 Å². The Bertz CT molecular complexity index is 906. The minimum Gasteiger partial charge on any atom is -0.463 e. The zero-order chi connectivity index (χ0) is 18.1. The molecule has 3 aromatic rings. The first-order chi connectivity index (χ1) is 12.6. The quantitative estimate of drug-likeness (QED) is 0.722. The molecule has 0 spiro atoms. The maximum Gasteiger partial charge on any atom is 0.257 e. The van der Waals surface area contributed by atoms with Crippen LogP contribution in [-0.4, -0.2) is 47.9 Å². The molecule has 26 heavy (non-hydrogen) atoms. The third-order valence-electron chi connectivity index (χ3n) is 5.37. The average Bonchev–Trinajstić information content (AvgIpc) is 3.25. The van der Waals surface area contributed by atoms with Crippen molar-refractivity contribution in [3.63, 3.8) is 0 Å². The lowest BCUT2D eigenvalue weighted by Gasteiger charge is -2.28. The highest BCUT2D eigenvalue weighted by molar-refractivity contribution is 6.05. The van der Waals surface area contributed by atoms with E-state index in [2.05, 4.69) is 23.0 Å². The minimum absolute atomic E-state index is 0.00874. The van der Waals surface area contributed by atoms with E-state index >= 15 is 0 Å². The zero-order valence-corrected chi connectivity index (χ0v) is 15.1. The lowest BCUT2D eigenvalue weighted by molar-refractivity contribution is 0.0762. The van der Waals surface area contributed by atoms with Gasteiger partial charge in [0.15, 0.2) is 0 Å². The fraction of sp³-hybridized carbons (Fsp3) is 0.333. The Morgan fingerprint density at radius 2 is 2.15 bits per heavy atom. The summed E-state index contributed by atoms with van der Waals surface area (Å²) < 4.78 is 5.53. The second-order valence-corrected chi connectivity index (χ2v) is 7.09. The van der Waals surface area contributed by atoms with Crippen molar-refractivity contribution in [3.8, 4) is 0 Å². The van der Waals surface area contributed by atoms with Crippen molar-refractivity contribution in [3.05, 3.63) is 66.2 Å². The van der Waals surface area contributed by atoms with Gasteiger partial charge < -0.3 is 9.32 Å². The van der Waals surface area contributed by atoms with Crippen LogP contribution in [0.15, 0.2) is 59.5 Å². The fourth-order valence-corrected chi connectivity index (χ4v) is 4.08. The van der Waals surface area contributed by atoms with E-state index < -0.39 is 0 Å². The number of aromatic nitrogens is 1. The van der Waals surface area contributed by atoms with E-state index in [1.165, 1.54) is 5.56 Å². The lowest BCUT2D eigenvalue weighted by atomic mass is 9.94. The molecule has 134 valence electrons. The van der Waals surface area contributed by atoms with E-state index in [0.717, 1.165) is 23.9 Å². The van der Waals surface area contributed by atoms with E-state index in [0.29, 0.717) is 24.1 Å². The number of hydrogen-bond donors (Lipinski definition) is 0. The second-order valence-electron chi connectivity index (χ2n) is 7.09. The Morgan fingerprint density at radius 1 is 1.31 bits per heavy atom. The van der Waals surface area contributed by atoms with Crippen LogP contribution >= 0.6 is 0 Å². The van der Waals surface area contributed by atoms with Gasteiger partial charge in [-0.05, 0) is 43.6 Å². The van der Waals surface area contributed by atoms with Crippen LogP contribution in [0.25, 0.3) is 11.0 Å². The molecule has 2 aromatic heterocycles. The number of hydrogen-bond acceptors (Lipinski definition) is 4. The molecule has 1 saturated heterocycles. The Morgan fingerprint density at radius 3 is 2.96 bits per heavy atom. The van der Waals surface area contributed by atoms with Crippen LogP contribution in [0.4, 0.5) is 0 Å². The van der Waals surface area contributed by atoms with Crippen molar-refractivity contribution in [1.82, 2.24) is 14.8 Å². The number of pyridine rings is 1. The number of amides is 1. The monoisotopic (exact) mass is 349 g/mol. The maximum atomic E-state index is 13.0. The number of likely N-dealkylation sites (tertiary alicyclic amines) is 1. The molecular formula is C21H23N3O2. The van der Waals surface area contributed by atoms with Crippen LogP contribution in [0.3, 0.4) is 0 Å². The minimum atomic E-state index is 0.00874. The first kappa shape index (κ1) is 16.8. The Kier molecular flexibility index (Phi) is 4.47. The Labute approximate surface area is 153 Å². The number of furan rings is 1. The molecule has 1 aromatic carbocycles. The molecule has 1 fully saturated rings. The topological polar surface area (TPSA) is 49.6 Å². The summed E-state index contributed by atoms with van der Waals surface area (Å²) in [6.07, 6.45) is 6.38. The standard InChI is InChI=1S/C21H23N3O2/c1-23-11-9-16(20(23)15-6-5-10-22-12-15)13-24(2)21(25)18-14-26-19-8-4-3-7-17(18)19/h3-8,10,12,14,16,20H,9,11,13H2,1-2H3/t16-,20-/m0/s1. The molecule has 0 bridgehead atoms. The van der Waals surface area contributed by atoms with E-state index in [9.17, 15) is 4.79 Å². The number of fused-ring (bicyclic) bond motifs is 1. The lowest BCUT2D eigenvalue weighted by Crippen LogP contribution is -2.34. The smallest absolute Gasteiger partial charge is 0.257 e. The SMILES string of the molecule is CN(C[C@@H]1CCN(C)[C@H]1c1cccnc1)C(=O)c1coc2ccccc12. The number of nitrogens with zero attached hydrogens (tertiary/aromatic N) is 3. The van der Waals surface area contributed by atoms with Crippen molar-refractivity contribution in [1.29, 1.82) is 0 Å². The molecule has 1 aliphatic rings. The third-order valence-corrected chi connectivity index (χ3v) is 5.37. The Balaban J connectivity index is 1.53. The Hall–Kier alpha value is -2.66. The van der Waals surface area contributed by atoms with Crippen LogP contribution < -0.4 is 0 Å². The molecule has 2 atom stereocenters. The summed E-state index contributed by atoms with van der Waals surface area (Å²) >= 11 is 0. The van der Waals surface area contributed by atoms with Gasteiger partial charge in [0.2, 0.25) is 0 Å². The third kappa shape index (κ3) is 2.99. The largest absolute Gasteiger partial charge is 0.463 e. The average molecular weight is 349 g/mol. The van der Waals surface area contributed by atoms with Gasteiger partial charge in [0.25, 0.3) is 5.91 Å². The van der Waals surface area contributed by atoms with Gasteiger partial charge in [-0.15, -0.1) is 0 Å². The van der Waals surface area contributed by atoms with Crippen LogP contribution in [0.2, 0.25) is 0 Å².